The SMILES string of the molecule is CC[C@@]12CCCN(C(=O)OCc3ccccc3)[C@@H]1n1c(c(CCO[Si](C(C)C)(C(C)C)C(C)C)c3ccccc31)C(=O)C2. The van der Waals surface area contributed by atoms with Gasteiger partial charge in [0.1, 0.15) is 12.8 Å². The van der Waals surface area contributed by atoms with Gasteiger partial charge < -0.3 is 13.7 Å². The summed E-state index contributed by atoms with van der Waals surface area (Å²) in [5.74, 6) is 0.184. The van der Waals surface area contributed by atoms with Gasteiger partial charge in [-0.15, -0.1) is 0 Å². The largest absolute Gasteiger partial charge is 0.444 e. The van der Waals surface area contributed by atoms with Crippen LogP contribution in [0.2, 0.25) is 16.6 Å². The van der Waals surface area contributed by atoms with E-state index in [2.05, 4.69) is 71.2 Å². The van der Waals surface area contributed by atoms with Gasteiger partial charge in [0, 0.05) is 30.4 Å². The van der Waals surface area contributed by atoms with Gasteiger partial charge in [-0.1, -0.05) is 97.0 Å². The molecule has 0 aliphatic carbocycles. The predicted molar refractivity (Wildman–Crippen MR) is 176 cm³/mol. The second kappa shape index (κ2) is 12.6. The molecular formula is C36H50N2O4Si. The molecule has 2 atom stereocenters. The molecule has 43 heavy (non-hydrogen) atoms. The number of fused-ring (bicyclic) bond motifs is 5. The summed E-state index contributed by atoms with van der Waals surface area (Å²) in [6.07, 6.45) is 3.15. The average Bonchev–Trinajstić information content (AvgIpc) is 3.32. The van der Waals surface area contributed by atoms with Crippen molar-refractivity contribution in [2.24, 2.45) is 5.41 Å². The Kier molecular flexibility index (Phi) is 9.24. The lowest BCUT2D eigenvalue weighted by Gasteiger charge is -2.52. The van der Waals surface area contributed by atoms with E-state index in [4.69, 9.17) is 9.16 Å². The van der Waals surface area contributed by atoms with E-state index in [0.29, 0.717) is 42.6 Å². The van der Waals surface area contributed by atoms with Gasteiger partial charge in [-0.05, 0) is 59.5 Å². The zero-order chi connectivity index (χ0) is 30.9. The van der Waals surface area contributed by atoms with Crippen LogP contribution >= 0.6 is 0 Å². The number of benzene rings is 2. The molecule has 232 valence electrons. The molecule has 0 radical (unpaired) electrons. The van der Waals surface area contributed by atoms with Crippen molar-refractivity contribution < 1.29 is 18.8 Å². The first-order valence-corrected chi connectivity index (χ1v) is 18.5. The fraction of sp³-hybridized carbons (Fsp3) is 0.556. The van der Waals surface area contributed by atoms with Crippen LogP contribution in [0.4, 0.5) is 4.79 Å². The molecule has 0 N–H and O–H groups in total. The summed E-state index contributed by atoms with van der Waals surface area (Å²) < 4.78 is 15.1. The van der Waals surface area contributed by atoms with E-state index in [9.17, 15) is 9.59 Å². The first kappa shape index (κ1) is 31.5. The van der Waals surface area contributed by atoms with Crippen molar-refractivity contribution >= 4 is 31.1 Å². The number of ether oxygens (including phenoxy) is 1. The first-order valence-electron chi connectivity index (χ1n) is 16.3. The molecule has 0 spiro atoms. The van der Waals surface area contributed by atoms with E-state index in [1.807, 2.05) is 41.3 Å². The molecule has 0 unspecified atom stereocenters. The van der Waals surface area contributed by atoms with Crippen LogP contribution in [0.3, 0.4) is 0 Å². The second-order valence-electron chi connectivity index (χ2n) is 13.7. The molecule has 2 aromatic carbocycles. The molecule has 5 rings (SSSR count). The summed E-state index contributed by atoms with van der Waals surface area (Å²) >= 11 is 0. The summed E-state index contributed by atoms with van der Waals surface area (Å²) in [5, 5.41) is 1.09. The van der Waals surface area contributed by atoms with Crippen LogP contribution in [0.1, 0.15) is 102 Å². The summed E-state index contributed by atoms with van der Waals surface area (Å²) in [6, 6.07) is 18.2. The molecule has 2 aliphatic heterocycles. The van der Waals surface area contributed by atoms with Crippen molar-refractivity contribution in [1.82, 2.24) is 9.47 Å². The molecule has 3 aromatic rings. The van der Waals surface area contributed by atoms with Crippen LogP contribution < -0.4 is 0 Å². The number of piperidine rings is 1. The number of Topliss-reactive ketones (excluding diaryl/α,β-unsaturated/α-hetero) is 1. The standard InChI is InChI=1S/C36H50N2O4Si/c1-8-36-20-14-21-37(35(40)41-24-28-15-10-9-11-16-28)34(36)38-31-18-13-12-17-29(31)30(33(38)32(39)23-36)19-22-42-43(25(2)3,26(4)5)27(6)7/h9-13,15-18,25-27,34H,8,14,19-24H2,1-7H3/t34-,36+/m1/s1. The maximum atomic E-state index is 14.2. The first-order chi connectivity index (χ1) is 20.6. The highest BCUT2D eigenvalue weighted by Crippen LogP contribution is 2.54. The van der Waals surface area contributed by atoms with E-state index in [0.717, 1.165) is 47.0 Å². The Morgan fingerprint density at radius 3 is 2.28 bits per heavy atom. The summed E-state index contributed by atoms with van der Waals surface area (Å²) in [5.41, 5.74) is 4.97. The molecule has 1 saturated heterocycles. The Morgan fingerprint density at radius 2 is 1.63 bits per heavy atom. The third-order valence-corrected chi connectivity index (χ3v) is 16.6. The fourth-order valence-electron chi connectivity index (χ4n) is 8.63. The van der Waals surface area contributed by atoms with Crippen LogP contribution in [0, 0.1) is 5.41 Å². The Hall–Kier alpha value is -2.90. The number of aromatic nitrogens is 1. The summed E-state index contributed by atoms with van der Waals surface area (Å²) in [4.78, 5) is 29.9. The molecule has 2 aliphatic rings. The maximum Gasteiger partial charge on any atom is 0.411 e. The van der Waals surface area contributed by atoms with Crippen LogP contribution in [0.25, 0.3) is 10.9 Å². The molecule has 7 heteroatoms. The number of amides is 1. The Morgan fingerprint density at radius 1 is 0.977 bits per heavy atom. The number of nitrogens with zero attached hydrogens (tertiary/aromatic N) is 2. The fourth-order valence-corrected chi connectivity index (χ4v) is 14.1. The van der Waals surface area contributed by atoms with Crippen LogP contribution in [-0.2, 0) is 22.2 Å². The Balaban J connectivity index is 1.54. The summed E-state index contributed by atoms with van der Waals surface area (Å²) in [7, 11) is -2.05. The van der Waals surface area contributed by atoms with Gasteiger partial charge in [0.15, 0.2) is 14.1 Å². The van der Waals surface area contributed by atoms with Crippen LogP contribution in [-0.4, -0.2) is 42.8 Å². The smallest absolute Gasteiger partial charge is 0.411 e. The van der Waals surface area contributed by atoms with E-state index in [1.165, 1.54) is 0 Å². The highest BCUT2D eigenvalue weighted by molar-refractivity contribution is 6.77. The molecular weight excluding hydrogens is 552 g/mol. The van der Waals surface area contributed by atoms with Gasteiger partial charge in [-0.2, -0.15) is 0 Å². The average molecular weight is 603 g/mol. The van der Waals surface area contributed by atoms with E-state index >= 15 is 0 Å². The summed E-state index contributed by atoms with van der Waals surface area (Å²) in [6.45, 7) is 17.5. The van der Waals surface area contributed by atoms with Crippen molar-refractivity contribution in [3.05, 3.63) is 71.4 Å². The number of ketones is 1. The number of rotatable bonds is 10. The number of likely N-dealkylation sites (tertiary alicyclic amines) is 1. The number of para-hydroxylation sites is 1. The Bertz CT molecular complexity index is 1420. The lowest BCUT2D eigenvalue weighted by Crippen LogP contribution is -2.54. The third kappa shape index (κ3) is 5.48. The normalized spacial score (nSPS) is 20.7. The minimum absolute atomic E-state index is 0.184. The van der Waals surface area contributed by atoms with Gasteiger partial charge in [-0.25, -0.2) is 4.79 Å². The highest BCUT2D eigenvalue weighted by atomic mass is 28.4. The molecule has 1 amide bonds. The molecule has 3 heterocycles. The second-order valence-corrected chi connectivity index (χ2v) is 19.1. The maximum absolute atomic E-state index is 14.2. The number of carbonyl (C=O) groups is 2. The highest BCUT2D eigenvalue weighted by Gasteiger charge is 2.53. The minimum atomic E-state index is -2.05. The van der Waals surface area contributed by atoms with Crippen LogP contribution in [0.5, 0.6) is 0 Å². The van der Waals surface area contributed by atoms with Crippen molar-refractivity contribution in [2.45, 2.75) is 110 Å². The molecule has 6 nitrogen and oxygen atoms in total. The number of hydrogen-bond donors (Lipinski definition) is 0. The molecule has 0 saturated carbocycles. The van der Waals surface area contributed by atoms with Gasteiger partial charge in [0.2, 0.25) is 0 Å². The molecule has 1 aromatic heterocycles. The molecule has 0 bridgehead atoms. The predicted octanol–water partition coefficient (Wildman–Crippen LogP) is 9.29. The topological polar surface area (TPSA) is 60.8 Å². The van der Waals surface area contributed by atoms with Gasteiger partial charge in [-0.3, -0.25) is 9.69 Å². The third-order valence-electron chi connectivity index (χ3n) is 10.5. The van der Waals surface area contributed by atoms with Crippen molar-refractivity contribution in [3.8, 4) is 0 Å². The molecule has 1 fully saturated rings. The Labute approximate surface area is 258 Å². The monoisotopic (exact) mass is 602 g/mol. The van der Waals surface area contributed by atoms with Crippen molar-refractivity contribution in [1.29, 1.82) is 0 Å². The zero-order valence-electron chi connectivity index (χ0n) is 27.2. The minimum Gasteiger partial charge on any atom is -0.444 e. The lowest BCUT2D eigenvalue weighted by atomic mass is 9.68. The number of carbonyl (C=O) groups excluding carboxylic acids is 2. The van der Waals surface area contributed by atoms with Gasteiger partial charge in [0.25, 0.3) is 0 Å². The van der Waals surface area contributed by atoms with Gasteiger partial charge >= 0.3 is 6.09 Å². The zero-order valence-corrected chi connectivity index (χ0v) is 28.2. The lowest BCUT2D eigenvalue weighted by molar-refractivity contribution is -0.0415. The van der Waals surface area contributed by atoms with E-state index < -0.39 is 8.32 Å². The van der Waals surface area contributed by atoms with Crippen molar-refractivity contribution in [3.63, 3.8) is 0 Å². The van der Waals surface area contributed by atoms with Gasteiger partial charge in [0.05, 0.1) is 11.2 Å². The van der Waals surface area contributed by atoms with E-state index in [1.54, 1.807) is 0 Å². The van der Waals surface area contributed by atoms with E-state index in [-0.39, 0.29) is 30.1 Å². The van der Waals surface area contributed by atoms with Crippen molar-refractivity contribution in [2.75, 3.05) is 13.2 Å². The number of hydrogen-bond acceptors (Lipinski definition) is 4. The van der Waals surface area contributed by atoms with Crippen LogP contribution in [0.15, 0.2) is 54.6 Å². The quantitative estimate of drug-likeness (QED) is 0.217.